The molecule has 0 saturated carbocycles. The van der Waals surface area contributed by atoms with Crippen LogP contribution in [0, 0.1) is 11.8 Å². The van der Waals surface area contributed by atoms with Gasteiger partial charge in [-0.15, -0.1) is 0 Å². The topological polar surface area (TPSA) is 77.0 Å². The number of hydrogen-bond acceptors (Lipinski definition) is 4. The van der Waals surface area contributed by atoms with E-state index in [1.165, 1.54) is 6.33 Å². The van der Waals surface area contributed by atoms with Gasteiger partial charge >= 0.3 is 0 Å². The van der Waals surface area contributed by atoms with Gasteiger partial charge in [-0.25, -0.2) is 9.67 Å². The fraction of sp³-hybridized carbons (Fsp3) is 0.833. The van der Waals surface area contributed by atoms with Crippen molar-refractivity contribution in [3.05, 3.63) is 12.2 Å². The Balaban J connectivity index is 2.73. The van der Waals surface area contributed by atoms with Crippen LogP contribution in [0.3, 0.4) is 0 Å². The van der Waals surface area contributed by atoms with Crippen LogP contribution in [0.15, 0.2) is 6.33 Å². The molecule has 0 saturated heterocycles. The van der Waals surface area contributed by atoms with Crippen LogP contribution in [0.2, 0.25) is 0 Å². The molecule has 5 nitrogen and oxygen atoms in total. The van der Waals surface area contributed by atoms with Crippen LogP contribution in [-0.4, -0.2) is 32.5 Å². The highest BCUT2D eigenvalue weighted by Crippen LogP contribution is 2.18. The minimum atomic E-state index is -0.457. The second-order valence-corrected chi connectivity index (χ2v) is 5.13. The molecule has 0 aromatic carbocycles. The number of aliphatic hydroxyl groups is 1. The minimum Gasteiger partial charge on any atom is -0.392 e. The minimum absolute atomic E-state index is 0.104. The second kappa shape index (κ2) is 6.12. The first-order valence-electron chi connectivity index (χ1n) is 6.23. The standard InChI is InChI=1S/C12H24N4O/c1-8(2)10(6-13)11(17)5-12-14-7-15-16(12)9(3)4/h7-11,17H,5-6,13H2,1-4H3. The summed E-state index contributed by atoms with van der Waals surface area (Å²) in [6.45, 7) is 8.75. The number of rotatable bonds is 6. The number of hydrogen-bond donors (Lipinski definition) is 2. The third-order valence-electron chi connectivity index (χ3n) is 3.15. The number of nitrogens with two attached hydrogens (primary N) is 1. The number of nitrogens with zero attached hydrogens (tertiary/aromatic N) is 3. The Kier molecular flexibility index (Phi) is 5.08. The quantitative estimate of drug-likeness (QED) is 0.777. The maximum absolute atomic E-state index is 10.2. The first-order valence-corrected chi connectivity index (χ1v) is 6.23. The van der Waals surface area contributed by atoms with Gasteiger partial charge in [0, 0.05) is 12.5 Å². The molecule has 1 rings (SSSR count). The third kappa shape index (κ3) is 3.51. The van der Waals surface area contributed by atoms with Crippen molar-refractivity contribution < 1.29 is 5.11 Å². The van der Waals surface area contributed by atoms with Crippen molar-refractivity contribution in [3.63, 3.8) is 0 Å². The molecule has 3 N–H and O–H groups in total. The largest absolute Gasteiger partial charge is 0.392 e. The van der Waals surface area contributed by atoms with E-state index in [0.29, 0.717) is 18.9 Å². The SMILES string of the molecule is CC(C)C(CN)C(O)Cc1ncnn1C(C)C. The van der Waals surface area contributed by atoms with E-state index in [1.54, 1.807) is 0 Å². The van der Waals surface area contributed by atoms with E-state index < -0.39 is 6.10 Å². The highest BCUT2D eigenvalue weighted by atomic mass is 16.3. The van der Waals surface area contributed by atoms with Crippen LogP contribution in [0.1, 0.15) is 39.6 Å². The van der Waals surface area contributed by atoms with Crippen molar-refractivity contribution in [3.8, 4) is 0 Å². The zero-order valence-electron chi connectivity index (χ0n) is 11.2. The number of aromatic nitrogens is 3. The predicted octanol–water partition coefficient (Wildman–Crippen LogP) is 0.993. The lowest BCUT2D eigenvalue weighted by Gasteiger charge is -2.25. The van der Waals surface area contributed by atoms with Gasteiger partial charge in [0.25, 0.3) is 0 Å². The van der Waals surface area contributed by atoms with Gasteiger partial charge in [0.1, 0.15) is 12.2 Å². The third-order valence-corrected chi connectivity index (χ3v) is 3.15. The molecular weight excluding hydrogens is 216 g/mol. The van der Waals surface area contributed by atoms with E-state index in [-0.39, 0.29) is 12.0 Å². The zero-order chi connectivity index (χ0) is 13.0. The molecule has 1 heterocycles. The van der Waals surface area contributed by atoms with Gasteiger partial charge in [-0.1, -0.05) is 13.8 Å². The fourth-order valence-electron chi connectivity index (χ4n) is 2.06. The van der Waals surface area contributed by atoms with Crippen LogP contribution >= 0.6 is 0 Å². The Morgan fingerprint density at radius 3 is 2.47 bits per heavy atom. The van der Waals surface area contributed by atoms with Crippen molar-refractivity contribution in [2.45, 2.75) is 46.3 Å². The van der Waals surface area contributed by atoms with E-state index in [1.807, 2.05) is 18.5 Å². The second-order valence-electron chi connectivity index (χ2n) is 5.13. The lowest BCUT2D eigenvalue weighted by Crippen LogP contribution is -2.34. The molecule has 17 heavy (non-hydrogen) atoms. The van der Waals surface area contributed by atoms with Gasteiger partial charge in [-0.2, -0.15) is 5.10 Å². The summed E-state index contributed by atoms with van der Waals surface area (Å²) < 4.78 is 1.84. The normalized spacial score (nSPS) is 15.5. The average Bonchev–Trinajstić information content (AvgIpc) is 2.66. The Bertz CT molecular complexity index is 335. The van der Waals surface area contributed by atoms with Crippen LogP contribution in [0.25, 0.3) is 0 Å². The predicted molar refractivity (Wildman–Crippen MR) is 67.5 cm³/mol. The molecule has 98 valence electrons. The summed E-state index contributed by atoms with van der Waals surface area (Å²) in [5, 5.41) is 14.4. The molecule has 5 heteroatoms. The molecule has 0 aliphatic heterocycles. The highest BCUT2D eigenvalue weighted by molar-refractivity contribution is 4.91. The summed E-state index contributed by atoms with van der Waals surface area (Å²) in [5.74, 6) is 1.30. The molecule has 0 fully saturated rings. The first kappa shape index (κ1) is 14.1. The van der Waals surface area contributed by atoms with Gasteiger partial charge in [0.05, 0.1) is 6.10 Å². The Morgan fingerprint density at radius 2 is 2.00 bits per heavy atom. The molecule has 0 aliphatic carbocycles. The van der Waals surface area contributed by atoms with Crippen molar-refractivity contribution in [1.82, 2.24) is 14.8 Å². The Labute approximate surface area is 103 Å². The van der Waals surface area contributed by atoms with E-state index >= 15 is 0 Å². The molecule has 0 aliphatic rings. The van der Waals surface area contributed by atoms with Gasteiger partial charge in [0.2, 0.25) is 0 Å². The van der Waals surface area contributed by atoms with Gasteiger partial charge in [0.15, 0.2) is 0 Å². The maximum Gasteiger partial charge on any atom is 0.138 e. The Hall–Kier alpha value is -0.940. The van der Waals surface area contributed by atoms with Crippen molar-refractivity contribution in [1.29, 1.82) is 0 Å². The van der Waals surface area contributed by atoms with E-state index in [2.05, 4.69) is 23.9 Å². The maximum atomic E-state index is 10.2. The van der Waals surface area contributed by atoms with Crippen molar-refractivity contribution in [2.75, 3.05) is 6.54 Å². The fourth-order valence-corrected chi connectivity index (χ4v) is 2.06. The number of aliphatic hydroxyl groups excluding tert-OH is 1. The smallest absolute Gasteiger partial charge is 0.138 e. The van der Waals surface area contributed by atoms with Gasteiger partial charge in [-0.3, -0.25) is 0 Å². The summed E-state index contributed by atoms with van der Waals surface area (Å²) in [7, 11) is 0. The molecule has 1 aromatic heterocycles. The summed E-state index contributed by atoms with van der Waals surface area (Å²) in [6.07, 6.45) is 1.59. The first-order chi connectivity index (χ1) is 7.97. The zero-order valence-corrected chi connectivity index (χ0v) is 11.2. The highest BCUT2D eigenvalue weighted by Gasteiger charge is 2.23. The molecule has 0 radical (unpaired) electrons. The van der Waals surface area contributed by atoms with Crippen LogP contribution < -0.4 is 5.73 Å². The van der Waals surface area contributed by atoms with Crippen LogP contribution in [0.4, 0.5) is 0 Å². The average molecular weight is 240 g/mol. The van der Waals surface area contributed by atoms with E-state index in [4.69, 9.17) is 5.73 Å². The van der Waals surface area contributed by atoms with Gasteiger partial charge < -0.3 is 10.8 Å². The molecule has 2 atom stereocenters. The van der Waals surface area contributed by atoms with E-state index in [9.17, 15) is 5.11 Å². The van der Waals surface area contributed by atoms with Crippen molar-refractivity contribution >= 4 is 0 Å². The molecule has 0 amide bonds. The molecular formula is C12H24N4O. The summed E-state index contributed by atoms with van der Waals surface area (Å²) >= 11 is 0. The van der Waals surface area contributed by atoms with E-state index in [0.717, 1.165) is 5.82 Å². The molecule has 2 unspecified atom stereocenters. The molecule has 0 spiro atoms. The lowest BCUT2D eigenvalue weighted by atomic mass is 9.88. The molecule has 1 aromatic rings. The summed E-state index contributed by atoms with van der Waals surface area (Å²) in [4.78, 5) is 4.20. The summed E-state index contributed by atoms with van der Waals surface area (Å²) in [6, 6.07) is 0.259. The van der Waals surface area contributed by atoms with Gasteiger partial charge in [-0.05, 0) is 32.2 Å². The Morgan fingerprint density at radius 1 is 1.35 bits per heavy atom. The van der Waals surface area contributed by atoms with Crippen LogP contribution in [-0.2, 0) is 6.42 Å². The molecule has 0 bridgehead atoms. The lowest BCUT2D eigenvalue weighted by molar-refractivity contribution is 0.0832. The van der Waals surface area contributed by atoms with Crippen LogP contribution in [0.5, 0.6) is 0 Å². The monoisotopic (exact) mass is 240 g/mol. The summed E-state index contributed by atoms with van der Waals surface area (Å²) in [5.41, 5.74) is 5.70. The van der Waals surface area contributed by atoms with Crippen molar-refractivity contribution in [2.24, 2.45) is 17.6 Å².